The van der Waals surface area contributed by atoms with Crippen molar-refractivity contribution in [3.05, 3.63) is 24.2 Å². The normalized spacial score (nSPS) is 41.6. The summed E-state index contributed by atoms with van der Waals surface area (Å²) >= 11 is 0. The van der Waals surface area contributed by atoms with Crippen molar-refractivity contribution in [2.24, 2.45) is 29.6 Å². The van der Waals surface area contributed by atoms with E-state index in [0.717, 1.165) is 36.0 Å². The standard InChI is InChI=1S/C17H25NO/c1-18-16(9-11-2-3-19-10-11)17-14-5-12-4-13(7-14)8-15(17)6-12/h2-3,10,12-18H,4-9H2,1H3. The molecule has 2 nitrogen and oxygen atoms in total. The Kier molecular flexibility index (Phi) is 2.95. The van der Waals surface area contributed by atoms with Crippen molar-refractivity contribution in [2.75, 3.05) is 7.05 Å². The predicted octanol–water partition coefficient (Wildman–Crippen LogP) is 3.48. The molecule has 4 aliphatic rings. The van der Waals surface area contributed by atoms with Crippen LogP contribution in [0, 0.1) is 29.6 Å². The molecular formula is C17H25NO. The molecule has 0 spiro atoms. The average Bonchev–Trinajstić information content (AvgIpc) is 2.89. The summed E-state index contributed by atoms with van der Waals surface area (Å²) in [5.41, 5.74) is 1.35. The largest absolute Gasteiger partial charge is 0.472 e. The monoisotopic (exact) mass is 259 g/mol. The van der Waals surface area contributed by atoms with Crippen molar-refractivity contribution in [3.8, 4) is 0 Å². The lowest BCUT2D eigenvalue weighted by Crippen LogP contribution is -2.53. The van der Waals surface area contributed by atoms with Gasteiger partial charge in [0.05, 0.1) is 12.5 Å². The van der Waals surface area contributed by atoms with E-state index in [1.54, 1.807) is 12.7 Å². The Bertz CT molecular complexity index is 396. The molecule has 4 aliphatic carbocycles. The van der Waals surface area contributed by atoms with Crippen molar-refractivity contribution in [1.82, 2.24) is 5.32 Å². The van der Waals surface area contributed by atoms with Gasteiger partial charge in [-0.2, -0.15) is 0 Å². The van der Waals surface area contributed by atoms with E-state index in [9.17, 15) is 0 Å². The van der Waals surface area contributed by atoms with E-state index in [2.05, 4.69) is 18.4 Å². The summed E-state index contributed by atoms with van der Waals surface area (Å²) in [4.78, 5) is 0. The Morgan fingerprint density at radius 2 is 1.84 bits per heavy atom. The molecule has 104 valence electrons. The molecule has 19 heavy (non-hydrogen) atoms. The van der Waals surface area contributed by atoms with E-state index in [1.807, 2.05) is 6.26 Å². The van der Waals surface area contributed by atoms with Crippen LogP contribution in [-0.2, 0) is 6.42 Å². The lowest BCUT2D eigenvalue weighted by atomic mass is 9.50. The van der Waals surface area contributed by atoms with E-state index >= 15 is 0 Å². The lowest BCUT2D eigenvalue weighted by molar-refractivity contribution is -0.0507. The third kappa shape index (κ3) is 2.05. The maximum Gasteiger partial charge on any atom is 0.0935 e. The average molecular weight is 259 g/mol. The van der Waals surface area contributed by atoms with Crippen molar-refractivity contribution >= 4 is 0 Å². The number of hydrogen-bond acceptors (Lipinski definition) is 2. The quantitative estimate of drug-likeness (QED) is 0.895. The Balaban J connectivity index is 1.53. The summed E-state index contributed by atoms with van der Waals surface area (Å²) in [6.07, 6.45) is 12.5. The smallest absolute Gasteiger partial charge is 0.0935 e. The zero-order valence-electron chi connectivity index (χ0n) is 11.8. The molecule has 1 aromatic heterocycles. The second-order valence-corrected chi connectivity index (χ2v) is 7.24. The van der Waals surface area contributed by atoms with Gasteiger partial charge in [-0.05, 0) is 86.8 Å². The Morgan fingerprint density at radius 3 is 2.37 bits per heavy atom. The number of nitrogens with one attached hydrogen (secondary N) is 1. The third-order valence-corrected chi connectivity index (χ3v) is 6.17. The van der Waals surface area contributed by atoms with E-state index in [4.69, 9.17) is 4.42 Å². The van der Waals surface area contributed by atoms with Crippen LogP contribution in [-0.4, -0.2) is 13.1 Å². The number of likely N-dealkylation sites (N-methyl/N-ethyl adjacent to an activating group) is 1. The Hall–Kier alpha value is -0.760. The Labute approximate surface area is 116 Å². The second-order valence-electron chi connectivity index (χ2n) is 7.24. The summed E-state index contributed by atoms with van der Waals surface area (Å²) in [7, 11) is 2.15. The molecular weight excluding hydrogens is 234 g/mol. The molecule has 1 unspecified atom stereocenters. The first-order chi connectivity index (χ1) is 9.33. The molecule has 0 saturated heterocycles. The van der Waals surface area contributed by atoms with Gasteiger partial charge in [0, 0.05) is 6.04 Å². The molecule has 4 fully saturated rings. The molecule has 0 amide bonds. The van der Waals surface area contributed by atoms with Crippen LogP contribution in [0.1, 0.15) is 37.7 Å². The minimum absolute atomic E-state index is 0.646. The maximum absolute atomic E-state index is 5.24. The van der Waals surface area contributed by atoms with Gasteiger partial charge < -0.3 is 9.73 Å². The van der Waals surface area contributed by atoms with Gasteiger partial charge in [-0.1, -0.05) is 0 Å². The predicted molar refractivity (Wildman–Crippen MR) is 75.8 cm³/mol. The minimum atomic E-state index is 0.646. The van der Waals surface area contributed by atoms with Crippen LogP contribution in [0.25, 0.3) is 0 Å². The van der Waals surface area contributed by atoms with E-state index < -0.39 is 0 Å². The summed E-state index contributed by atoms with van der Waals surface area (Å²) in [6, 6.07) is 2.77. The fraction of sp³-hybridized carbons (Fsp3) is 0.765. The van der Waals surface area contributed by atoms with Gasteiger partial charge in [0.2, 0.25) is 0 Å². The van der Waals surface area contributed by atoms with Gasteiger partial charge >= 0.3 is 0 Å². The lowest BCUT2D eigenvalue weighted by Gasteiger charge is -2.56. The van der Waals surface area contributed by atoms with Crippen LogP contribution >= 0.6 is 0 Å². The number of hydrogen-bond donors (Lipinski definition) is 1. The van der Waals surface area contributed by atoms with Crippen LogP contribution in [0.5, 0.6) is 0 Å². The molecule has 1 N–H and O–H groups in total. The van der Waals surface area contributed by atoms with E-state index in [1.165, 1.54) is 31.2 Å². The van der Waals surface area contributed by atoms with Crippen LogP contribution < -0.4 is 5.32 Å². The second kappa shape index (κ2) is 4.66. The van der Waals surface area contributed by atoms with Crippen molar-refractivity contribution in [2.45, 2.75) is 44.6 Å². The number of furan rings is 1. The highest BCUT2D eigenvalue weighted by Crippen LogP contribution is 2.57. The highest BCUT2D eigenvalue weighted by Gasteiger charge is 2.50. The van der Waals surface area contributed by atoms with Crippen LogP contribution in [0.15, 0.2) is 23.0 Å². The highest BCUT2D eigenvalue weighted by molar-refractivity contribution is 5.10. The molecule has 0 aliphatic heterocycles. The zero-order valence-corrected chi connectivity index (χ0v) is 11.8. The van der Waals surface area contributed by atoms with Crippen molar-refractivity contribution < 1.29 is 4.42 Å². The minimum Gasteiger partial charge on any atom is -0.472 e. The summed E-state index contributed by atoms with van der Waals surface area (Å²) < 4.78 is 5.24. The summed E-state index contributed by atoms with van der Waals surface area (Å²) in [5, 5.41) is 3.63. The molecule has 4 bridgehead atoms. The fourth-order valence-corrected chi connectivity index (χ4v) is 5.72. The SMILES string of the molecule is CNC(Cc1ccoc1)C1C2CC3CC(C2)CC1C3. The van der Waals surface area contributed by atoms with E-state index in [0.29, 0.717) is 6.04 Å². The van der Waals surface area contributed by atoms with Gasteiger partial charge in [-0.15, -0.1) is 0 Å². The topological polar surface area (TPSA) is 25.2 Å². The zero-order chi connectivity index (χ0) is 12.8. The molecule has 1 heterocycles. The first-order valence-corrected chi connectivity index (χ1v) is 8.02. The maximum atomic E-state index is 5.24. The summed E-state index contributed by atoms with van der Waals surface area (Å²) in [6.45, 7) is 0. The van der Waals surface area contributed by atoms with Gasteiger partial charge in [-0.25, -0.2) is 0 Å². The first kappa shape index (κ1) is 12.0. The van der Waals surface area contributed by atoms with Gasteiger partial charge in [0.1, 0.15) is 0 Å². The van der Waals surface area contributed by atoms with Crippen molar-refractivity contribution in [3.63, 3.8) is 0 Å². The molecule has 5 rings (SSSR count). The Morgan fingerprint density at radius 1 is 1.16 bits per heavy atom. The molecule has 0 radical (unpaired) electrons. The summed E-state index contributed by atoms with van der Waals surface area (Å²) in [5.74, 6) is 5.06. The molecule has 2 heteroatoms. The van der Waals surface area contributed by atoms with Crippen molar-refractivity contribution in [1.29, 1.82) is 0 Å². The van der Waals surface area contributed by atoms with Crippen LogP contribution in [0.4, 0.5) is 0 Å². The molecule has 4 saturated carbocycles. The first-order valence-electron chi connectivity index (χ1n) is 8.02. The highest BCUT2D eigenvalue weighted by atomic mass is 16.3. The third-order valence-electron chi connectivity index (χ3n) is 6.17. The fourth-order valence-electron chi connectivity index (χ4n) is 5.72. The van der Waals surface area contributed by atoms with E-state index in [-0.39, 0.29) is 0 Å². The van der Waals surface area contributed by atoms with Crippen LogP contribution in [0.3, 0.4) is 0 Å². The van der Waals surface area contributed by atoms with Gasteiger partial charge in [-0.3, -0.25) is 0 Å². The molecule has 1 atom stereocenters. The molecule has 0 aromatic carbocycles. The van der Waals surface area contributed by atoms with Gasteiger partial charge in [0.15, 0.2) is 0 Å². The number of rotatable bonds is 4. The van der Waals surface area contributed by atoms with Gasteiger partial charge in [0.25, 0.3) is 0 Å². The molecule has 1 aromatic rings. The van der Waals surface area contributed by atoms with Crippen LogP contribution in [0.2, 0.25) is 0 Å².